The van der Waals surface area contributed by atoms with E-state index in [-0.39, 0.29) is 0 Å². The van der Waals surface area contributed by atoms with Crippen molar-refractivity contribution in [2.24, 2.45) is 5.73 Å². The van der Waals surface area contributed by atoms with E-state index in [9.17, 15) is 4.79 Å². The van der Waals surface area contributed by atoms with E-state index >= 15 is 0 Å². The van der Waals surface area contributed by atoms with E-state index in [4.69, 9.17) is 11.5 Å². The number of nitrogen functional groups attached to an aromatic ring is 1. The van der Waals surface area contributed by atoms with Crippen LogP contribution in [-0.4, -0.2) is 10.9 Å². The van der Waals surface area contributed by atoms with E-state index in [2.05, 4.69) is 4.98 Å². The number of carbonyl (C=O) groups is 1. The average molecular weight is 219 g/mol. The molecule has 0 saturated heterocycles. The molecule has 2 rings (SSSR count). The highest BCUT2D eigenvalue weighted by Crippen LogP contribution is 2.24. The Balaban J connectivity index is 2.35. The molecule has 1 aromatic carbocycles. The van der Waals surface area contributed by atoms with Gasteiger partial charge in [-0.3, -0.25) is 4.79 Å². The van der Waals surface area contributed by atoms with Crippen molar-refractivity contribution in [2.45, 2.75) is 0 Å². The molecular weight excluding hydrogens is 210 g/mol. The third-order valence-corrected chi connectivity index (χ3v) is 2.85. The van der Waals surface area contributed by atoms with E-state index in [1.54, 1.807) is 29.6 Å². The number of aromatic nitrogens is 1. The lowest BCUT2D eigenvalue weighted by atomic mass is 10.1. The number of nitrogens with two attached hydrogens (primary N) is 2. The third-order valence-electron chi connectivity index (χ3n) is 1.94. The summed E-state index contributed by atoms with van der Waals surface area (Å²) in [6.07, 6.45) is 0. The molecule has 2 aromatic rings. The Labute approximate surface area is 90.6 Å². The maximum atomic E-state index is 10.8. The highest BCUT2D eigenvalue weighted by atomic mass is 32.1. The second kappa shape index (κ2) is 3.70. The Hall–Kier alpha value is -1.88. The molecule has 1 aromatic heterocycles. The fourth-order valence-corrected chi connectivity index (χ4v) is 1.91. The first-order chi connectivity index (χ1) is 7.16. The summed E-state index contributed by atoms with van der Waals surface area (Å²) < 4.78 is 0. The smallest absolute Gasteiger partial charge is 0.248 e. The average Bonchev–Trinajstić information content (AvgIpc) is 2.65. The number of anilines is 1. The van der Waals surface area contributed by atoms with E-state index < -0.39 is 5.91 Å². The molecule has 0 spiro atoms. The van der Waals surface area contributed by atoms with Crippen LogP contribution in [-0.2, 0) is 0 Å². The fourth-order valence-electron chi connectivity index (χ4n) is 1.20. The van der Waals surface area contributed by atoms with Gasteiger partial charge in [0.25, 0.3) is 0 Å². The highest BCUT2D eigenvalue weighted by Gasteiger charge is 2.04. The Morgan fingerprint density at radius 2 is 1.93 bits per heavy atom. The molecule has 5 heteroatoms. The maximum Gasteiger partial charge on any atom is 0.248 e. The van der Waals surface area contributed by atoms with Crippen molar-refractivity contribution >= 4 is 23.1 Å². The van der Waals surface area contributed by atoms with Crippen LogP contribution in [0.3, 0.4) is 0 Å². The molecule has 0 fully saturated rings. The Morgan fingerprint density at radius 3 is 2.40 bits per heavy atom. The van der Waals surface area contributed by atoms with E-state index in [0.717, 1.165) is 10.6 Å². The van der Waals surface area contributed by atoms with Gasteiger partial charge in [0.2, 0.25) is 5.91 Å². The van der Waals surface area contributed by atoms with E-state index in [0.29, 0.717) is 11.4 Å². The largest absolute Gasteiger partial charge is 0.383 e. The summed E-state index contributed by atoms with van der Waals surface area (Å²) in [5.41, 5.74) is 12.1. The van der Waals surface area contributed by atoms with Crippen molar-refractivity contribution in [3.8, 4) is 10.6 Å². The zero-order valence-corrected chi connectivity index (χ0v) is 8.62. The van der Waals surface area contributed by atoms with Crippen molar-refractivity contribution in [2.75, 3.05) is 5.73 Å². The molecule has 76 valence electrons. The summed E-state index contributed by atoms with van der Waals surface area (Å²) in [6.45, 7) is 0. The van der Waals surface area contributed by atoms with Gasteiger partial charge >= 0.3 is 0 Å². The summed E-state index contributed by atoms with van der Waals surface area (Å²) in [5.74, 6) is 0.0779. The molecule has 0 aliphatic heterocycles. The highest BCUT2D eigenvalue weighted by molar-refractivity contribution is 7.13. The maximum absolute atomic E-state index is 10.8. The molecule has 0 bridgehead atoms. The predicted octanol–water partition coefficient (Wildman–Crippen LogP) is 1.49. The minimum atomic E-state index is -0.430. The number of hydrogen-bond acceptors (Lipinski definition) is 4. The van der Waals surface area contributed by atoms with Crippen molar-refractivity contribution < 1.29 is 4.79 Å². The number of carbonyl (C=O) groups excluding carboxylic acids is 1. The van der Waals surface area contributed by atoms with Crippen LogP contribution in [0.25, 0.3) is 10.6 Å². The molecule has 0 aliphatic carbocycles. The molecule has 0 radical (unpaired) electrons. The van der Waals surface area contributed by atoms with E-state index in [1.807, 2.05) is 0 Å². The second-order valence-corrected chi connectivity index (χ2v) is 3.88. The summed E-state index contributed by atoms with van der Waals surface area (Å²) in [4.78, 5) is 15.0. The number of hydrogen-bond donors (Lipinski definition) is 2. The number of primary amides is 1. The van der Waals surface area contributed by atoms with Crippen LogP contribution in [0, 0.1) is 0 Å². The summed E-state index contributed by atoms with van der Waals surface area (Å²) in [6, 6.07) is 6.96. The number of rotatable bonds is 2. The molecule has 0 aliphatic rings. The monoisotopic (exact) mass is 219 g/mol. The third kappa shape index (κ3) is 1.97. The van der Waals surface area contributed by atoms with Crippen LogP contribution < -0.4 is 11.5 Å². The van der Waals surface area contributed by atoms with Gasteiger partial charge in [-0.2, -0.15) is 0 Å². The second-order valence-electron chi connectivity index (χ2n) is 3.02. The van der Waals surface area contributed by atoms with Gasteiger partial charge in [0, 0.05) is 16.5 Å². The van der Waals surface area contributed by atoms with Crippen LogP contribution in [0.4, 0.5) is 5.82 Å². The summed E-state index contributed by atoms with van der Waals surface area (Å²) in [7, 11) is 0. The molecule has 1 amide bonds. The molecule has 4 nitrogen and oxygen atoms in total. The van der Waals surface area contributed by atoms with Gasteiger partial charge in [-0.05, 0) is 12.1 Å². The standard InChI is InChI=1S/C10H9N3OS/c11-8-5-15-10(13-8)7-3-1-6(2-4-7)9(12)14/h1-5H,11H2,(H2,12,14). The lowest BCUT2D eigenvalue weighted by Crippen LogP contribution is -2.10. The van der Waals surface area contributed by atoms with Gasteiger partial charge in [-0.25, -0.2) is 4.98 Å². The number of amides is 1. The van der Waals surface area contributed by atoms with Gasteiger partial charge in [0.05, 0.1) is 0 Å². The SMILES string of the molecule is NC(=O)c1ccc(-c2nc(N)cs2)cc1. The zero-order valence-electron chi connectivity index (χ0n) is 7.81. The molecule has 0 unspecified atom stereocenters. The fraction of sp³-hybridized carbons (Fsp3) is 0. The van der Waals surface area contributed by atoms with Gasteiger partial charge in [0.1, 0.15) is 10.8 Å². The van der Waals surface area contributed by atoms with Gasteiger partial charge < -0.3 is 11.5 Å². The number of nitrogens with zero attached hydrogens (tertiary/aromatic N) is 1. The molecular formula is C10H9N3OS. The first-order valence-corrected chi connectivity index (χ1v) is 5.16. The first-order valence-electron chi connectivity index (χ1n) is 4.28. The normalized spacial score (nSPS) is 10.1. The molecule has 15 heavy (non-hydrogen) atoms. The Kier molecular flexibility index (Phi) is 2.39. The molecule has 4 N–H and O–H groups in total. The van der Waals surface area contributed by atoms with Crippen molar-refractivity contribution in [3.05, 3.63) is 35.2 Å². The summed E-state index contributed by atoms with van der Waals surface area (Å²) in [5, 5.41) is 2.61. The van der Waals surface area contributed by atoms with Gasteiger partial charge in [-0.1, -0.05) is 12.1 Å². The zero-order chi connectivity index (χ0) is 10.8. The minimum Gasteiger partial charge on any atom is -0.383 e. The molecule has 1 heterocycles. The van der Waals surface area contributed by atoms with Gasteiger partial charge in [0.15, 0.2) is 0 Å². The van der Waals surface area contributed by atoms with Crippen LogP contribution >= 0.6 is 11.3 Å². The lowest BCUT2D eigenvalue weighted by molar-refractivity contribution is 0.100. The van der Waals surface area contributed by atoms with Crippen LogP contribution in [0.1, 0.15) is 10.4 Å². The van der Waals surface area contributed by atoms with Crippen LogP contribution in [0.5, 0.6) is 0 Å². The predicted molar refractivity (Wildman–Crippen MR) is 60.5 cm³/mol. The van der Waals surface area contributed by atoms with E-state index in [1.165, 1.54) is 11.3 Å². The Bertz CT molecular complexity index is 490. The van der Waals surface area contributed by atoms with Crippen molar-refractivity contribution in [1.29, 1.82) is 0 Å². The summed E-state index contributed by atoms with van der Waals surface area (Å²) >= 11 is 1.46. The molecule has 0 saturated carbocycles. The van der Waals surface area contributed by atoms with Crippen LogP contribution in [0.2, 0.25) is 0 Å². The quantitative estimate of drug-likeness (QED) is 0.802. The van der Waals surface area contributed by atoms with Crippen molar-refractivity contribution in [3.63, 3.8) is 0 Å². The number of benzene rings is 1. The Morgan fingerprint density at radius 1 is 1.27 bits per heavy atom. The van der Waals surface area contributed by atoms with Crippen molar-refractivity contribution in [1.82, 2.24) is 4.98 Å². The molecule has 0 atom stereocenters. The topological polar surface area (TPSA) is 82.0 Å². The first kappa shape index (κ1) is 9.67. The van der Waals surface area contributed by atoms with Gasteiger partial charge in [-0.15, -0.1) is 11.3 Å². The lowest BCUT2D eigenvalue weighted by Gasteiger charge is -1.97. The minimum absolute atomic E-state index is 0.430. The number of thiazole rings is 1. The van der Waals surface area contributed by atoms with Crippen LogP contribution in [0.15, 0.2) is 29.6 Å².